The largest absolute Gasteiger partial charge is 0.574 e. The van der Waals surface area contributed by atoms with Gasteiger partial charge in [-0.25, -0.2) is 4.98 Å². The van der Waals surface area contributed by atoms with E-state index in [4.69, 9.17) is 5.11 Å². The molecule has 15 heavy (non-hydrogen) atoms. The van der Waals surface area contributed by atoms with Crippen LogP contribution in [0.1, 0.15) is 16.1 Å². The van der Waals surface area contributed by atoms with Gasteiger partial charge in [0, 0.05) is 0 Å². The summed E-state index contributed by atoms with van der Waals surface area (Å²) in [5.74, 6) is -1.24. The quantitative estimate of drug-likeness (QED) is 0.773. The summed E-state index contributed by atoms with van der Waals surface area (Å²) in [6.07, 6.45) is -4.80. The van der Waals surface area contributed by atoms with Crippen molar-refractivity contribution in [2.24, 2.45) is 0 Å². The fourth-order valence-electron chi connectivity index (χ4n) is 0.863. The van der Waals surface area contributed by atoms with Gasteiger partial charge in [0.15, 0.2) is 6.29 Å². The average molecular weight is 221 g/mol. The monoisotopic (exact) mass is 221 g/mol. The zero-order valence-electron chi connectivity index (χ0n) is 7.50. The zero-order chi connectivity index (χ0) is 11.6. The van der Waals surface area contributed by atoms with Crippen molar-refractivity contribution < 1.29 is 27.8 Å². The van der Waals surface area contributed by atoms with Gasteiger partial charge in [-0.1, -0.05) is 0 Å². The molecule has 0 saturated carbocycles. The number of carbonyl (C=O) groups excluding carboxylic acids is 1. The van der Waals surface area contributed by atoms with Gasteiger partial charge < -0.3 is 9.84 Å². The number of aromatic nitrogens is 1. The highest BCUT2D eigenvalue weighted by Gasteiger charge is 2.33. The van der Waals surface area contributed by atoms with Crippen molar-refractivity contribution in [3.05, 3.63) is 17.3 Å². The minimum absolute atomic E-state index is 0.0557. The topological polar surface area (TPSA) is 59.4 Å². The minimum Gasteiger partial charge on any atom is -0.506 e. The fourth-order valence-corrected chi connectivity index (χ4v) is 0.863. The van der Waals surface area contributed by atoms with Crippen LogP contribution in [0.4, 0.5) is 13.2 Å². The Morgan fingerprint density at radius 3 is 2.60 bits per heavy atom. The number of hydrogen-bond donors (Lipinski definition) is 1. The van der Waals surface area contributed by atoms with E-state index in [2.05, 4.69) is 9.72 Å². The molecule has 0 atom stereocenters. The van der Waals surface area contributed by atoms with E-state index < -0.39 is 17.8 Å². The molecule has 1 aromatic rings. The molecular weight excluding hydrogens is 215 g/mol. The van der Waals surface area contributed by atoms with Crippen molar-refractivity contribution in [3.8, 4) is 11.6 Å². The average Bonchev–Trinajstić information content (AvgIpc) is 2.08. The van der Waals surface area contributed by atoms with Crippen molar-refractivity contribution in [3.63, 3.8) is 0 Å². The number of aromatic hydroxyl groups is 1. The van der Waals surface area contributed by atoms with E-state index in [9.17, 15) is 18.0 Å². The Bertz CT molecular complexity index is 389. The second-order valence-corrected chi connectivity index (χ2v) is 2.65. The number of aryl methyl sites for hydroxylation is 1. The number of halogens is 3. The molecule has 1 N–H and O–H groups in total. The number of carbonyl (C=O) groups is 1. The van der Waals surface area contributed by atoms with Gasteiger partial charge in [-0.3, -0.25) is 4.79 Å². The fraction of sp³-hybridized carbons (Fsp3) is 0.250. The summed E-state index contributed by atoms with van der Waals surface area (Å²) in [5.41, 5.74) is -0.518. The first-order chi connectivity index (χ1) is 6.83. The first-order valence-electron chi connectivity index (χ1n) is 3.75. The number of ether oxygens (including phenoxy) is 1. The minimum atomic E-state index is -4.92. The van der Waals surface area contributed by atoms with Gasteiger partial charge in [-0.15, -0.1) is 13.2 Å². The van der Waals surface area contributed by atoms with Crippen LogP contribution in [0.5, 0.6) is 11.6 Å². The number of nitrogens with zero attached hydrogens (tertiary/aromatic N) is 1. The Kier molecular flexibility index (Phi) is 2.83. The van der Waals surface area contributed by atoms with Crippen LogP contribution in [-0.4, -0.2) is 22.7 Å². The summed E-state index contributed by atoms with van der Waals surface area (Å²) < 4.78 is 39.1. The third kappa shape index (κ3) is 2.83. The maximum atomic E-state index is 11.8. The molecule has 0 aliphatic heterocycles. The van der Waals surface area contributed by atoms with Crippen LogP contribution in [0.15, 0.2) is 6.07 Å². The molecule has 1 rings (SSSR count). The van der Waals surface area contributed by atoms with Crippen molar-refractivity contribution in [2.45, 2.75) is 13.3 Å². The van der Waals surface area contributed by atoms with Crippen LogP contribution in [0.2, 0.25) is 0 Å². The second kappa shape index (κ2) is 3.76. The molecular formula is C8H6F3NO3. The summed E-state index contributed by atoms with van der Waals surface area (Å²) in [4.78, 5) is 13.7. The van der Waals surface area contributed by atoms with Gasteiger partial charge in [0.2, 0.25) is 5.88 Å². The summed E-state index contributed by atoms with van der Waals surface area (Å²) in [5, 5.41) is 9.10. The van der Waals surface area contributed by atoms with Crippen LogP contribution in [-0.2, 0) is 0 Å². The Balaban J connectivity index is 3.16. The number of pyridine rings is 1. The van der Waals surface area contributed by atoms with Crippen molar-refractivity contribution in [2.75, 3.05) is 0 Å². The molecule has 0 unspecified atom stereocenters. The predicted molar refractivity (Wildman–Crippen MR) is 42.7 cm³/mol. The normalized spacial score (nSPS) is 11.2. The molecule has 0 aliphatic carbocycles. The lowest BCUT2D eigenvalue weighted by atomic mass is 10.2. The summed E-state index contributed by atoms with van der Waals surface area (Å²) >= 11 is 0. The maximum absolute atomic E-state index is 11.8. The summed E-state index contributed by atoms with van der Waals surface area (Å²) in [6.45, 7) is 1.28. The molecule has 0 aromatic carbocycles. The van der Waals surface area contributed by atoms with Gasteiger partial charge in [0.25, 0.3) is 0 Å². The second-order valence-electron chi connectivity index (χ2n) is 2.65. The van der Waals surface area contributed by atoms with Gasteiger partial charge in [-0.2, -0.15) is 0 Å². The van der Waals surface area contributed by atoms with Crippen molar-refractivity contribution in [1.29, 1.82) is 0 Å². The molecule has 0 amide bonds. The summed E-state index contributed by atoms with van der Waals surface area (Å²) in [6, 6.07) is 0.858. The lowest BCUT2D eigenvalue weighted by Crippen LogP contribution is -2.19. The molecule has 0 bridgehead atoms. The van der Waals surface area contributed by atoms with E-state index in [0.29, 0.717) is 0 Å². The Labute approximate surface area is 82.3 Å². The van der Waals surface area contributed by atoms with E-state index >= 15 is 0 Å². The van der Waals surface area contributed by atoms with Gasteiger partial charge >= 0.3 is 6.36 Å². The lowest BCUT2D eigenvalue weighted by Gasteiger charge is -2.10. The number of hydrogen-bond acceptors (Lipinski definition) is 4. The third-order valence-corrected chi connectivity index (χ3v) is 1.52. The molecule has 0 fully saturated rings. The van der Waals surface area contributed by atoms with Crippen LogP contribution in [0, 0.1) is 6.92 Å². The zero-order valence-corrected chi connectivity index (χ0v) is 7.50. The van der Waals surface area contributed by atoms with E-state index in [1.165, 1.54) is 6.92 Å². The van der Waals surface area contributed by atoms with E-state index in [-0.39, 0.29) is 17.7 Å². The number of alkyl halides is 3. The number of rotatable bonds is 2. The van der Waals surface area contributed by atoms with E-state index in [1.807, 2.05) is 0 Å². The molecule has 1 aromatic heterocycles. The van der Waals surface area contributed by atoms with Crippen molar-refractivity contribution >= 4 is 6.29 Å². The Morgan fingerprint density at radius 2 is 2.13 bits per heavy atom. The van der Waals surface area contributed by atoms with Gasteiger partial charge in [-0.05, 0) is 13.0 Å². The SMILES string of the molecule is Cc1nc(OC(F)(F)F)c(C=O)cc1O. The molecule has 0 aliphatic rings. The predicted octanol–water partition coefficient (Wildman–Crippen LogP) is 1.81. The van der Waals surface area contributed by atoms with Crippen LogP contribution < -0.4 is 4.74 Å². The van der Waals surface area contributed by atoms with Crippen LogP contribution in [0.3, 0.4) is 0 Å². The van der Waals surface area contributed by atoms with Crippen molar-refractivity contribution in [1.82, 2.24) is 4.98 Å². The highest BCUT2D eigenvalue weighted by atomic mass is 19.4. The van der Waals surface area contributed by atoms with Crippen LogP contribution >= 0.6 is 0 Å². The standard InChI is InChI=1S/C8H6F3NO3/c1-4-6(14)2-5(3-13)7(12-4)15-8(9,10)11/h2-3,14H,1H3. The molecule has 0 spiro atoms. The molecule has 0 radical (unpaired) electrons. The van der Waals surface area contributed by atoms with Gasteiger partial charge in [0.1, 0.15) is 5.75 Å². The molecule has 82 valence electrons. The smallest absolute Gasteiger partial charge is 0.506 e. The van der Waals surface area contributed by atoms with Crippen LogP contribution in [0.25, 0.3) is 0 Å². The van der Waals surface area contributed by atoms with Gasteiger partial charge in [0.05, 0.1) is 11.3 Å². The maximum Gasteiger partial charge on any atom is 0.574 e. The third-order valence-electron chi connectivity index (χ3n) is 1.52. The number of aldehydes is 1. The van der Waals surface area contributed by atoms with E-state index in [1.54, 1.807) is 0 Å². The first kappa shape index (κ1) is 11.3. The Hall–Kier alpha value is -1.79. The highest BCUT2D eigenvalue weighted by Crippen LogP contribution is 2.27. The highest BCUT2D eigenvalue weighted by molar-refractivity contribution is 5.79. The molecule has 4 nitrogen and oxygen atoms in total. The van der Waals surface area contributed by atoms with E-state index in [0.717, 1.165) is 6.07 Å². The lowest BCUT2D eigenvalue weighted by molar-refractivity contribution is -0.276. The Morgan fingerprint density at radius 1 is 1.53 bits per heavy atom. The molecule has 7 heteroatoms. The summed E-state index contributed by atoms with van der Waals surface area (Å²) in [7, 11) is 0. The first-order valence-corrected chi connectivity index (χ1v) is 3.75. The molecule has 1 heterocycles. The molecule has 0 saturated heterocycles.